The van der Waals surface area contributed by atoms with Gasteiger partial charge in [0.25, 0.3) is 0 Å². The highest BCUT2D eigenvalue weighted by Crippen LogP contribution is 2.27. The Balaban J connectivity index is 1.93. The summed E-state index contributed by atoms with van der Waals surface area (Å²) in [7, 11) is 0. The van der Waals surface area contributed by atoms with Gasteiger partial charge in [-0.05, 0) is 31.6 Å². The van der Waals surface area contributed by atoms with Gasteiger partial charge in [-0.25, -0.2) is 4.98 Å². The second-order valence-corrected chi connectivity index (χ2v) is 5.77. The zero-order valence-electron chi connectivity index (χ0n) is 10.5. The van der Waals surface area contributed by atoms with Crippen LogP contribution in [0.1, 0.15) is 26.7 Å². The molecule has 1 fully saturated rings. The third-order valence-corrected chi connectivity index (χ3v) is 4.37. The van der Waals surface area contributed by atoms with E-state index in [2.05, 4.69) is 17.2 Å². The molecule has 1 aromatic rings. The number of nitrogens with zero attached hydrogens (tertiary/aromatic N) is 1. The monoisotopic (exact) mass is 252 g/mol. The third-order valence-electron chi connectivity index (χ3n) is 2.99. The van der Waals surface area contributed by atoms with E-state index in [4.69, 9.17) is 4.74 Å². The molecular weight excluding hydrogens is 232 g/mol. The molecule has 1 saturated heterocycles. The van der Waals surface area contributed by atoms with Gasteiger partial charge in [0.2, 0.25) is 5.88 Å². The Hall–Kier alpha value is -0.900. The van der Waals surface area contributed by atoms with E-state index >= 15 is 0 Å². The average Bonchev–Trinajstić information content (AvgIpc) is 2.35. The summed E-state index contributed by atoms with van der Waals surface area (Å²) < 4.78 is 5.33. The fourth-order valence-electron chi connectivity index (χ4n) is 2.03. The molecule has 17 heavy (non-hydrogen) atoms. The molecule has 0 spiro atoms. The van der Waals surface area contributed by atoms with Crippen LogP contribution in [-0.4, -0.2) is 28.6 Å². The van der Waals surface area contributed by atoms with Gasteiger partial charge in [0.1, 0.15) is 0 Å². The number of nitrogens with one attached hydrogen (secondary N) is 1. The molecule has 4 heteroatoms. The van der Waals surface area contributed by atoms with Gasteiger partial charge in [-0.3, -0.25) is 0 Å². The summed E-state index contributed by atoms with van der Waals surface area (Å²) in [5.74, 6) is 1.99. The lowest BCUT2D eigenvalue weighted by molar-refractivity contribution is 0.327. The molecule has 0 radical (unpaired) electrons. The average molecular weight is 252 g/mol. The van der Waals surface area contributed by atoms with Crippen LogP contribution >= 0.6 is 11.8 Å². The van der Waals surface area contributed by atoms with E-state index in [0.717, 1.165) is 5.69 Å². The van der Waals surface area contributed by atoms with Crippen molar-refractivity contribution >= 4 is 17.4 Å². The Labute approximate surface area is 107 Å². The molecule has 0 bridgehead atoms. The Morgan fingerprint density at radius 3 is 3.06 bits per heavy atom. The van der Waals surface area contributed by atoms with Gasteiger partial charge in [0, 0.05) is 17.4 Å². The van der Waals surface area contributed by atoms with Gasteiger partial charge in [-0.1, -0.05) is 6.92 Å². The predicted molar refractivity (Wildman–Crippen MR) is 74.0 cm³/mol. The maximum Gasteiger partial charge on any atom is 0.213 e. The van der Waals surface area contributed by atoms with E-state index in [1.54, 1.807) is 0 Å². The second kappa shape index (κ2) is 6.15. The van der Waals surface area contributed by atoms with Crippen LogP contribution in [0.5, 0.6) is 5.88 Å². The summed E-state index contributed by atoms with van der Waals surface area (Å²) in [5, 5.41) is 4.24. The topological polar surface area (TPSA) is 34.1 Å². The molecule has 1 aliphatic heterocycles. The maximum absolute atomic E-state index is 5.33. The van der Waals surface area contributed by atoms with Crippen molar-refractivity contribution in [2.75, 3.05) is 17.7 Å². The zero-order chi connectivity index (χ0) is 12.1. The van der Waals surface area contributed by atoms with Crippen LogP contribution in [0.3, 0.4) is 0 Å². The Morgan fingerprint density at radius 1 is 1.53 bits per heavy atom. The van der Waals surface area contributed by atoms with Gasteiger partial charge in [0.05, 0.1) is 18.5 Å². The largest absolute Gasteiger partial charge is 0.478 e. The van der Waals surface area contributed by atoms with Gasteiger partial charge in [-0.2, -0.15) is 11.8 Å². The maximum atomic E-state index is 5.33. The highest BCUT2D eigenvalue weighted by Gasteiger charge is 2.21. The zero-order valence-corrected chi connectivity index (χ0v) is 11.3. The van der Waals surface area contributed by atoms with E-state index in [9.17, 15) is 0 Å². The van der Waals surface area contributed by atoms with E-state index in [0.29, 0.717) is 23.8 Å². The summed E-state index contributed by atoms with van der Waals surface area (Å²) in [4.78, 5) is 4.27. The Kier molecular flexibility index (Phi) is 4.54. The molecule has 0 aromatic carbocycles. The van der Waals surface area contributed by atoms with Gasteiger partial charge in [0.15, 0.2) is 0 Å². The van der Waals surface area contributed by atoms with Crippen molar-refractivity contribution in [1.82, 2.24) is 4.98 Å². The summed E-state index contributed by atoms with van der Waals surface area (Å²) in [6, 6.07) is 4.53. The molecule has 0 aliphatic carbocycles. The van der Waals surface area contributed by atoms with Crippen molar-refractivity contribution in [3.63, 3.8) is 0 Å². The van der Waals surface area contributed by atoms with E-state index in [1.165, 1.54) is 18.6 Å². The van der Waals surface area contributed by atoms with Crippen molar-refractivity contribution in [3.8, 4) is 5.88 Å². The van der Waals surface area contributed by atoms with Crippen LogP contribution in [0.15, 0.2) is 18.3 Å². The SMILES string of the molecule is CCOc1ccc(NC2CCCSC2C)cn1. The number of rotatable bonds is 4. The molecule has 94 valence electrons. The summed E-state index contributed by atoms with van der Waals surface area (Å²) in [6.45, 7) is 4.92. The van der Waals surface area contributed by atoms with Crippen molar-refractivity contribution in [2.45, 2.75) is 38.0 Å². The smallest absolute Gasteiger partial charge is 0.213 e. The van der Waals surface area contributed by atoms with Crippen molar-refractivity contribution in [2.24, 2.45) is 0 Å². The summed E-state index contributed by atoms with van der Waals surface area (Å²) >= 11 is 2.05. The molecule has 2 unspecified atom stereocenters. The first kappa shape index (κ1) is 12.6. The van der Waals surface area contributed by atoms with Crippen molar-refractivity contribution in [1.29, 1.82) is 0 Å². The molecular formula is C13H20N2OS. The molecule has 3 nitrogen and oxygen atoms in total. The minimum absolute atomic E-state index is 0.563. The standard InChI is InChI=1S/C13H20N2OS/c1-3-16-13-7-6-11(9-14-13)15-12-5-4-8-17-10(12)2/h6-7,9-10,12,15H,3-5,8H2,1-2H3. The van der Waals surface area contributed by atoms with E-state index < -0.39 is 0 Å². The lowest BCUT2D eigenvalue weighted by atomic mass is 10.1. The predicted octanol–water partition coefficient (Wildman–Crippen LogP) is 3.18. The number of anilines is 1. The number of hydrogen-bond donors (Lipinski definition) is 1. The number of thioether (sulfide) groups is 1. The van der Waals surface area contributed by atoms with Crippen LogP contribution in [0.25, 0.3) is 0 Å². The first-order valence-corrected chi connectivity index (χ1v) is 7.31. The quantitative estimate of drug-likeness (QED) is 0.892. The van der Waals surface area contributed by atoms with Crippen molar-refractivity contribution < 1.29 is 4.74 Å². The third kappa shape index (κ3) is 3.53. The first-order chi connectivity index (χ1) is 8.29. The second-order valence-electron chi connectivity index (χ2n) is 4.29. The minimum Gasteiger partial charge on any atom is -0.478 e. The van der Waals surface area contributed by atoms with Gasteiger partial charge >= 0.3 is 0 Å². The summed E-state index contributed by atoms with van der Waals surface area (Å²) in [6.07, 6.45) is 4.41. The van der Waals surface area contributed by atoms with Crippen LogP contribution in [0, 0.1) is 0 Å². The van der Waals surface area contributed by atoms with Crippen LogP contribution in [0.2, 0.25) is 0 Å². The molecule has 1 aliphatic rings. The van der Waals surface area contributed by atoms with Crippen molar-refractivity contribution in [3.05, 3.63) is 18.3 Å². The minimum atomic E-state index is 0.563. The van der Waals surface area contributed by atoms with Gasteiger partial charge in [-0.15, -0.1) is 0 Å². The molecule has 0 amide bonds. The Morgan fingerprint density at radius 2 is 2.41 bits per heavy atom. The van der Waals surface area contributed by atoms with Crippen LogP contribution < -0.4 is 10.1 Å². The summed E-state index contributed by atoms with van der Waals surface area (Å²) in [5.41, 5.74) is 1.09. The molecule has 2 rings (SSSR count). The number of aromatic nitrogens is 1. The van der Waals surface area contributed by atoms with E-state index in [-0.39, 0.29) is 0 Å². The molecule has 1 aromatic heterocycles. The Bertz CT molecular complexity index is 342. The van der Waals surface area contributed by atoms with E-state index in [1.807, 2.05) is 37.0 Å². The lowest BCUT2D eigenvalue weighted by Crippen LogP contribution is -2.32. The molecule has 2 atom stereocenters. The van der Waals surface area contributed by atoms with Crippen LogP contribution in [0.4, 0.5) is 5.69 Å². The molecule has 2 heterocycles. The fraction of sp³-hybridized carbons (Fsp3) is 0.615. The molecule has 1 N–H and O–H groups in total. The van der Waals surface area contributed by atoms with Gasteiger partial charge < -0.3 is 10.1 Å². The highest BCUT2D eigenvalue weighted by molar-refractivity contribution is 8.00. The van der Waals surface area contributed by atoms with Crippen LogP contribution in [-0.2, 0) is 0 Å². The number of hydrogen-bond acceptors (Lipinski definition) is 4. The number of pyridine rings is 1. The lowest BCUT2D eigenvalue weighted by Gasteiger charge is -2.29. The first-order valence-electron chi connectivity index (χ1n) is 6.26. The molecule has 0 saturated carbocycles. The fourth-order valence-corrected chi connectivity index (χ4v) is 3.17. The number of ether oxygens (including phenoxy) is 1. The normalized spacial score (nSPS) is 24.4. The highest BCUT2D eigenvalue weighted by atomic mass is 32.2.